The molecule has 0 aliphatic heterocycles. The van der Waals surface area contributed by atoms with Gasteiger partial charge in [0.05, 0.1) is 0 Å². The number of aryl methyl sites for hydroxylation is 2. The predicted octanol–water partition coefficient (Wildman–Crippen LogP) is 1.86. The summed E-state index contributed by atoms with van der Waals surface area (Å²) in [4.78, 5) is 0. The van der Waals surface area contributed by atoms with Crippen LogP contribution in [-0.4, -0.2) is 6.04 Å². The zero-order valence-corrected chi connectivity index (χ0v) is 8.88. The number of nitrogens with two attached hydrogens (primary N) is 1. The Morgan fingerprint density at radius 3 is 2.36 bits per heavy atom. The highest BCUT2D eigenvalue weighted by Gasteiger charge is 2.03. The molecule has 14 heavy (non-hydrogen) atoms. The van der Waals surface area contributed by atoms with Crippen LogP contribution >= 0.6 is 0 Å². The molecule has 2 nitrogen and oxygen atoms in total. The van der Waals surface area contributed by atoms with E-state index in [0.29, 0.717) is 0 Å². The third-order valence-corrected chi connectivity index (χ3v) is 2.24. The lowest BCUT2D eigenvalue weighted by molar-refractivity contribution is 0.617. The quantitative estimate of drug-likeness (QED) is 0.432. The second kappa shape index (κ2) is 4.94. The minimum absolute atomic E-state index is 0.149. The average molecular weight is 190 g/mol. The number of hydrazine groups is 1. The molecule has 0 fully saturated rings. The van der Waals surface area contributed by atoms with E-state index in [0.717, 1.165) is 6.42 Å². The van der Waals surface area contributed by atoms with Gasteiger partial charge in [0.2, 0.25) is 0 Å². The zero-order chi connectivity index (χ0) is 10.6. The van der Waals surface area contributed by atoms with E-state index in [9.17, 15) is 0 Å². The van der Waals surface area contributed by atoms with E-state index >= 15 is 0 Å². The summed E-state index contributed by atoms with van der Waals surface area (Å²) in [6, 6.07) is 6.68. The van der Waals surface area contributed by atoms with Crippen molar-refractivity contribution in [3.05, 3.63) is 47.5 Å². The SMILES string of the molecule is C=CC(Cc1cc(C)cc(C)c1)NN. The second-order valence-electron chi connectivity index (χ2n) is 3.71. The van der Waals surface area contributed by atoms with E-state index in [1.54, 1.807) is 0 Å². The van der Waals surface area contributed by atoms with Crippen molar-refractivity contribution < 1.29 is 0 Å². The molecule has 3 N–H and O–H groups in total. The van der Waals surface area contributed by atoms with Crippen molar-refractivity contribution in [3.8, 4) is 0 Å². The molecule has 0 aromatic heterocycles. The molecule has 76 valence electrons. The van der Waals surface area contributed by atoms with E-state index in [-0.39, 0.29) is 6.04 Å². The molecular weight excluding hydrogens is 172 g/mol. The van der Waals surface area contributed by atoms with Gasteiger partial charge in [-0.3, -0.25) is 11.3 Å². The Morgan fingerprint density at radius 1 is 1.36 bits per heavy atom. The highest BCUT2D eigenvalue weighted by atomic mass is 15.2. The molecule has 1 aromatic carbocycles. The monoisotopic (exact) mass is 190 g/mol. The summed E-state index contributed by atoms with van der Waals surface area (Å²) in [6.45, 7) is 7.94. The van der Waals surface area contributed by atoms with Crippen LogP contribution in [0, 0.1) is 13.8 Å². The number of hydrogen-bond acceptors (Lipinski definition) is 2. The fraction of sp³-hybridized carbons (Fsp3) is 0.333. The van der Waals surface area contributed by atoms with E-state index in [4.69, 9.17) is 5.84 Å². The van der Waals surface area contributed by atoms with Crippen LogP contribution in [0.4, 0.5) is 0 Å². The molecule has 0 heterocycles. The number of benzene rings is 1. The smallest absolute Gasteiger partial charge is 0.0428 e. The van der Waals surface area contributed by atoms with Crippen molar-refractivity contribution in [2.75, 3.05) is 0 Å². The zero-order valence-electron chi connectivity index (χ0n) is 8.88. The summed E-state index contributed by atoms with van der Waals surface area (Å²) >= 11 is 0. The maximum absolute atomic E-state index is 5.39. The third kappa shape index (κ3) is 2.98. The van der Waals surface area contributed by atoms with E-state index < -0.39 is 0 Å². The van der Waals surface area contributed by atoms with Gasteiger partial charge >= 0.3 is 0 Å². The third-order valence-electron chi connectivity index (χ3n) is 2.24. The van der Waals surface area contributed by atoms with Crippen LogP contribution in [0.3, 0.4) is 0 Å². The van der Waals surface area contributed by atoms with Gasteiger partial charge in [0.15, 0.2) is 0 Å². The van der Waals surface area contributed by atoms with E-state index in [1.807, 2.05) is 6.08 Å². The van der Waals surface area contributed by atoms with Crippen LogP contribution in [0.25, 0.3) is 0 Å². The molecule has 1 rings (SSSR count). The summed E-state index contributed by atoms with van der Waals surface area (Å²) in [7, 11) is 0. The molecular formula is C12H18N2. The standard InChI is InChI=1S/C12H18N2/c1-4-12(14-13)8-11-6-9(2)5-10(3)7-11/h4-7,12,14H,1,8,13H2,2-3H3. The van der Waals surface area contributed by atoms with Crippen LogP contribution in [0.5, 0.6) is 0 Å². The van der Waals surface area contributed by atoms with Crippen LogP contribution in [0.15, 0.2) is 30.9 Å². The van der Waals surface area contributed by atoms with Crippen molar-refractivity contribution >= 4 is 0 Å². The Hall–Kier alpha value is -1.12. The first kappa shape index (κ1) is 11.0. The topological polar surface area (TPSA) is 38.0 Å². The van der Waals surface area contributed by atoms with Crippen molar-refractivity contribution in [1.29, 1.82) is 0 Å². The molecule has 0 saturated carbocycles. The minimum atomic E-state index is 0.149. The van der Waals surface area contributed by atoms with Crippen molar-refractivity contribution in [1.82, 2.24) is 5.43 Å². The van der Waals surface area contributed by atoms with Crippen LogP contribution in [0.1, 0.15) is 16.7 Å². The highest BCUT2D eigenvalue weighted by molar-refractivity contribution is 5.29. The Morgan fingerprint density at radius 2 is 1.93 bits per heavy atom. The number of hydrogen-bond donors (Lipinski definition) is 2. The first-order valence-electron chi connectivity index (χ1n) is 4.81. The van der Waals surface area contributed by atoms with Gasteiger partial charge in [0.25, 0.3) is 0 Å². The van der Waals surface area contributed by atoms with Crippen molar-refractivity contribution in [3.63, 3.8) is 0 Å². The summed E-state index contributed by atoms with van der Waals surface area (Å²) in [5, 5.41) is 0. The highest BCUT2D eigenvalue weighted by Crippen LogP contribution is 2.10. The predicted molar refractivity (Wildman–Crippen MR) is 60.9 cm³/mol. The van der Waals surface area contributed by atoms with E-state index in [2.05, 4.69) is 44.1 Å². The fourth-order valence-electron chi connectivity index (χ4n) is 1.65. The van der Waals surface area contributed by atoms with Gasteiger partial charge in [-0.15, -0.1) is 6.58 Å². The minimum Gasteiger partial charge on any atom is -0.271 e. The van der Waals surface area contributed by atoms with Gasteiger partial charge in [-0.05, 0) is 25.8 Å². The number of rotatable bonds is 4. The molecule has 1 atom stereocenters. The van der Waals surface area contributed by atoms with Crippen LogP contribution in [-0.2, 0) is 6.42 Å². The maximum Gasteiger partial charge on any atom is 0.0428 e. The largest absolute Gasteiger partial charge is 0.271 e. The summed E-state index contributed by atoms with van der Waals surface area (Å²) < 4.78 is 0. The van der Waals surface area contributed by atoms with Gasteiger partial charge < -0.3 is 0 Å². The van der Waals surface area contributed by atoms with Crippen molar-refractivity contribution in [2.45, 2.75) is 26.3 Å². The lowest BCUT2D eigenvalue weighted by Crippen LogP contribution is -2.34. The van der Waals surface area contributed by atoms with Gasteiger partial charge in [-0.2, -0.15) is 0 Å². The Labute approximate surface area is 85.8 Å². The van der Waals surface area contributed by atoms with E-state index in [1.165, 1.54) is 16.7 Å². The molecule has 1 unspecified atom stereocenters. The summed E-state index contributed by atoms with van der Waals surface area (Å²) in [5.41, 5.74) is 6.60. The molecule has 0 aliphatic carbocycles. The van der Waals surface area contributed by atoms with Crippen LogP contribution in [0.2, 0.25) is 0 Å². The normalized spacial score (nSPS) is 12.5. The molecule has 1 aromatic rings. The van der Waals surface area contributed by atoms with Gasteiger partial charge in [-0.1, -0.05) is 35.4 Å². The first-order valence-corrected chi connectivity index (χ1v) is 4.81. The molecule has 0 aliphatic rings. The summed E-state index contributed by atoms with van der Waals surface area (Å²) in [6.07, 6.45) is 2.72. The molecule has 0 amide bonds. The first-order chi connectivity index (χ1) is 6.65. The van der Waals surface area contributed by atoms with Gasteiger partial charge in [-0.25, -0.2) is 0 Å². The Bertz CT molecular complexity index is 298. The molecule has 0 saturated heterocycles. The van der Waals surface area contributed by atoms with Gasteiger partial charge in [0.1, 0.15) is 0 Å². The average Bonchev–Trinajstić information content (AvgIpc) is 2.12. The number of nitrogens with one attached hydrogen (secondary N) is 1. The molecule has 2 heteroatoms. The fourth-order valence-corrected chi connectivity index (χ4v) is 1.65. The lowest BCUT2D eigenvalue weighted by Gasteiger charge is -2.11. The summed E-state index contributed by atoms with van der Waals surface area (Å²) in [5.74, 6) is 5.39. The van der Waals surface area contributed by atoms with Crippen molar-refractivity contribution in [2.24, 2.45) is 5.84 Å². The lowest BCUT2D eigenvalue weighted by atomic mass is 10.0. The Balaban J connectivity index is 2.80. The molecule has 0 bridgehead atoms. The second-order valence-corrected chi connectivity index (χ2v) is 3.71. The van der Waals surface area contributed by atoms with Crippen LogP contribution < -0.4 is 11.3 Å². The maximum atomic E-state index is 5.39. The molecule has 0 spiro atoms. The van der Waals surface area contributed by atoms with Gasteiger partial charge in [0, 0.05) is 6.04 Å². The molecule has 0 radical (unpaired) electrons. The Kier molecular flexibility index (Phi) is 3.86.